The molecule has 0 aromatic heterocycles. The molecule has 1 N–H and O–H groups in total. The largest absolute Gasteiger partial charge is 0.497 e. The molecule has 13 heavy (non-hydrogen) atoms. The zero-order valence-electron chi connectivity index (χ0n) is 8.03. The van der Waals surface area contributed by atoms with Crippen LogP contribution < -0.4 is 4.74 Å². The Hall–Kier alpha value is -0.590. The standard InChI is InChI=1S/C10H15O2P/c1-12-10-5-3-4-9(8-10)6-7-13(2)11/h3-5,8,11H,6-7H2,1-2H3. The maximum atomic E-state index is 9.17. The third-order valence-corrected chi connectivity index (χ3v) is 2.73. The summed E-state index contributed by atoms with van der Waals surface area (Å²) in [4.78, 5) is 9.17. The van der Waals surface area contributed by atoms with Gasteiger partial charge in [0.1, 0.15) is 5.75 Å². The number of aryl methyl sites for hydroxylation is 1. The fourth-order valence-electron chi connectivity index (χ4n) is 1.12. The van der Waals surface area contributed by atoms with Crippen molar-refractivity contribution in [1.29, 1.82) is 0 Å². The van der Waals surface area contributed by atoms with Gasteiger partial charge in [0.15, 0.2) is 0 Å². The number of methoxy groups -OCH3 is 1. The summed E-state index contributed by atoms with van der Waals surface area (Å²) in [5, 5.41) is 0. The summed E-state index contributed by atoms with van der Waals surface area (Å²) in [7, 11) is 0.886. The molecular weight excluding hydrogens is 183 g/mol. The first-order chi connectivity index (χ1) is 6.22. The molecule has 1 unspecified atom stereocenters. The fourth-order valence-corrected chi connectivity index (χ4v) is 1.70. The van der Waals surface area contributed by atoms with Gasteiger partial charge in [-0.2, -0.15) is 0 Å². The first-order valence-corrected chi connectivity index (χ1v) is 6.18. The van der Waals surface area contributed by atoms with Crippen LogP contribution in [0.15, 0.2) is 24.3 Å². The van der Waals surface area contributed by atoms with Crippen molar-refractivity contribution < 1.29 is 9.63 Å². The minimum absolute atomic E-state index is 0.779. The Balaban J connectivity index is 2.56. The summed E-state index contributed by atoms with van der Waals surface area (Å²) >= 11 is 0. The molecular formula is C10H15O2P. The van der Waals surface area contributed by atoms with Gasteiger partial charge >= 0.3 is 0 Å². The number of ether oxygens (including phenoxy) is 1. The zero-order valence-corrected chi connectivity index (χ0v) is 8.92. The highest BCUT2D eigenvalue weighted by Crippen LogP contribution is 2.25. The summed E-state index contributed by atoms with van der Waals surface area (Å²) in [6.07, 6.45) is 1.79. The summed E-state index contributed by atoms with van der Waals surface area (Å²) in [5.41, 5.74) is 1.22. The van der Waals surface area contributed by atoms with Gasteiger partial charge in [-0.25, -0.2) is 0 Å². The molecule has 3 heteroatoms. The number of hydrogen-bond donors (Lipinski definition) is 1. The van der Waals surface area contributed by atoms with Gasteiger partial charge < -0.3 is 9.63 Å². The first kappa shape index (κ1) is 10.5. The van der Waals surface area contributed by atoms with Crippen molar-refractivity contribution in [3.8, 4) is 5.75 Å². The summed E-state index contributed by atoms with van der Waals surface area (Å²) in [6, 6.07) is 7.97. The van der Waals surface area contributed by atoms with Crippen LogP contribution in [0.5, 0.6) is 5.75 Å². The molecule has 2 nitrogen and oxygen atoms in total. The van der Waals surface area contributed by atoms with E-state index >= 15 is 0 Å². The van der Waals surface area contributed by atoms with Crippen molar-refractivity contribution >= 4 is 8.15 Å². The lowest BCUT2D eigenvalue weighted by atomic mass is 10.2. The van der Waals surface area contributed by atoms with Gasteiger partial charge in [-0.3, -0.25) is 0 Å². The smallest absolute Gasteiger partial charge is 0.119 e. The van der Waals surface area contributed by atoms with Crippen molar-refractivity contribution in [1.82, 2.24) is 0 Å². The van der Waals surface area contributed by atoms with Gasteiger partial charge in [0, 0.05) is 8.15 Å². The molecule has 0 fully saturated rings. The lowest BCUT2D eigenvalue weighted by Gasteiger charge is -2.05. The summed E-state index contributed by atoms with van der Waals surface area (Å²) in [6.45, 7) is 1.87. The molecule has 0 saturated heterocycles. The number of benzene rings is 1. The molecule has 0 aliphatic heterocycles. The van der Waals surface area contributed by atoms with E-state index in [-0.39, 0.29) is 0 Å². The first-order valence-electron chi connectivity index (χ1n) is 4.25. The monoisotopic (exact) mass is 198 g/mol. The Kier molecular flexibility index (Phi) is 4.20. The lowest BCUT2D eigenvalue weighted by molar-refractivity contribution is 0.414. The Morgan fingerprint density at radius 3 is 2.85 bits per heavy atom. The molecule has 72 valence electrons. The SMILES string of the molecule is COc1cccc(CCP(C)O)c1. The quantitative estimate of drug-likeness (QED) is 0.752. The maximum Gasteiger partial charge on any atom is 0.119 e. The molecule has 0 saturated carbocycles. The molecule has 0 radical (unpaired) electrons. The highest BCUT2D eigenvalue weighted by molar-refractivity contribution is 7.50. The van der Waals surface area contributed by atoms with E-state index in [0.29, 0.717) is 0 Å². The van der Waals surface area contributed by atoms with Crippen LogP contribution >= 0.6 is 8.15 Å². The van der Waals surface area contributed by atoms with Crippen LogP contribution in [0.4, 0.5) is 0 Å². The Labute approximate surface area is 80.4 Å². The molecule has 0 amide bonds. The molecule has 1 atom stereocenters. The van der Waals surface area contributed by atoms with Crippen LogP contribution in [0, 0.1) is 0 Å². The van der Waals surface area contributed by atoms with E-state index in [1.807, 2.05) is 24.9 Å². The topological polar surface area (TPSA) is 29.5 Å². The molecule has 0 aliphatic rings. The Morgan fingerprint density at radius 1 is 1.46 bits per heavy atom. The third kappa shape index (κ3) is 3.75. The highest BCUT2D eigenvalue weighted by Gasteiger charge is 1.98. The van der Waals surface area contributed by atoms with Crippen molar-refractivity contribution in [2.75, 3.05) is 19.9 Å². The summed E-state index contributed by atoms with van der Waals surface area (Å²) in [5.74, 6) is 0.885. The normalized spacial score (nSPS) is 12.5. The average molecular weight is 198 g/mol. The van der Waals surface area contributed by atoms with E-state index in [1.165, 1.54) is 5.56 Å². The van der Waals surface area contributed by atoms with Crippen molar-refractivity contribution in [3.63, 3.8) is 0 Å². The second-order valence-corrected chi connectivity index (χ2v) is 4.75. The maximum absolute atomic E-state index is 9.17. The van der Waals surface area contributed by atoms with E-state index in [1.54, 1.807) is 7.11 Å². The van der Waals surface area contributed by atoms with Gasteiger partial charge in [-0.1, -0.05) is 12.1 Å². The van der Waals surface area contributed by atoms with Gasteiger partial charge in [-0.05, 0) is 36.9 Å². The van der Waals surface area contributed by atoms with Crippen LogP contribution in [0.2, 0.25) is 0 Å². The van der Waals surface area contributed by atoms with Crippen LogP contribution in [0.25, 0.3) is 0 Å². The predicted octanol–water partition coefficient (Wildman–Crippen LogP) is 2.26. The van der Waals surface area contributed by atoms with E-state index in [2.05, 4.69) is 6.07 Å². The van der Waals surface area contributed by atoms with Crippen LogP contribution in [-0.2, 0) is 6.42 Å². The number of rotatable bonds is 4. The third-order valence-electron chi connectivity index (χ3n) is 1.86. The minimum atomic E-state index is -0.779. The highest BCUT2D eigenvalue weighted by atomic mass is 31.1. The second-order valence-electron chi connectivity index (χ2n) is 2.98. The predicted molar refractivity (Wildman–Crippen MR) is 56.6 cm³/mol. The van der Waals surface area contributed by atoms with E-state index < -0.39 is 8.15 Å². The Bertz CT molecular complexity index is 261. The zero-order chi connectivity index (χ0) is 9.68. The van der Waals surface area contributed by atoms with Crippen LogP contribution in [0.3, 0.4) is 0 Å². The van der Waals surface area contributed by atoms with Crippen molar-refractivity contribution in [2.24, 2.45) is 0 Å². The van der Waals surface area contributed by atoms with Crippen LogP contribution in [0.1, 0.15) is 5.56 Å². The fraction of sp³-hybridized carbons (Fsp3) is 0.400. The van der Waals surface area contributed by atoms with E-state index in [9.17, 15) is 4.89 Å². The van der Waals surface area contributed by atoms with Gasteiger partial charge in [0.25, 0.3) is 0 Å². The average Bonchev–Trinajstić information content (AvgIpc) is 2.15. The van der Waals surface area contributed by atoms with E-state index in [0.717, 1.165) is 18.3 Å². The molecule has 1 rings (SSSR count). The molecule has 0 bridgehead atoms. The molecule has 1 aromatic rings. The summed E-state index contributed by atoms with van der Waals surface area (Å²) < 4.78 is 5.10. The van der Waals surface area contributed by atoms with Crippen molar-refractivity contribution in [2.45, 2.75) is 6.42 Å². The van der Waals surface area contributed by atoms with Crippen LogP contribution in [-0.4, -0.2) is 24.8 Å². The molecule has 0 spiro atoms. The van der Waals surface area contributed by atoms with Crippen molar-refractivity contribution in [3.05, 3.63) is 29.8 Å². The minimum Gasteiger partial charge on any atom is -0.497 e. The number of hydrogen-bond acceptors (Lipinski definition) is 2. The van der Waals surface area contributed by atoms with Gasteiger partial charge in [-0.15, -0.1) is 0 Å². The Morgan fingerprint density at radius 2 is 2.23 bits per heavy atom. The molecule has 1 aromatic carbocycles. The van der Waals surface area contributed by atoms with Gasteiger partial charge in [0.05, 0.1) is 7.11 Å². The van der Waals surface area contributed by atoms with Gasteiger partial charge in [0.2, 0.25) is 0 Å². The lowest BCUT2D eigenvalue weighted by Crippen LogP contribution is -1.91. The molecule has 0 heterocycles. The molecule has 0 aliphatic carbocycles. The van der Waals surface area contributed by atoms with E-state index in [4.69, 9.17) is 4.74 Å². The second kappa shape index (κ2) is 5.21.